The van der Waals surface area contributed by atoms with Crippen LogP contribution < -0.4 is 0 Å². The highest BCUT2D eigenvalue weighted by Crippen LogP contribution is 2.23. The van der Waals surface area contributed by atoms with Crippen molar-refractivity contribution >= 4 is 11.8 Å². The minimum atomic E-state index is -0.202. The molecule has 1 rings (SSSR count). The first-order valence-electron chi connectivity index (χ1n) is 4.32. The summed E-state index contributed by atoms with van der Waals surface area (Å²) in [5, 5.41) is 0. The quantitative estimate of drug-likeness (QED) is 0.449. The summed E-state index contributed by atoms with van der Waals surface area (Å²) in [6, 6.07) is 0. The van der Waals surface area contributed by atoms with Gasteiger partial charge in [-0.3, -0.25) is 14.5 Å². The number of likely N-dealkylation sites (tertiary alicyclic amines) is 1. The van der Waals surface area contributed by atoms with E-state index < -0.39 is 0 Å². The molecule has 1 fully saturated rings. The van der Waals surface area contributed by atoms with E-state index in [0.29, 0.717) is 11.1 Å². The number of amides is 2. The van der Waals surface area contributed by atoms with Crippen molar-refractivity contribution in [1.82, 2.24) is 4.90 Å². The maximum absolute atomic E-state index is 11.5. The van der Waals surface area contributed by atoms with Crippen LogP contribution in [-0.2, 0) is 9.59 Å². The van der Waals surface area contributed by atoms with Crippen LogP contribution in [0.3, 0.4) is 0 Å². The van der Waals surface area contributed by atoms with Gasteiger partial charge in [-0.15, -0.1) is 0 Å². The average Bonchev–Trinajstić information content (AvgIpc) is 2.32. The van der Waals surface area contributed by atoms with Gasteiger partial charge in [-0.05, 0) is 13.3 Å². The average molecular weight is 179 g/mol. The molecule has 0 radical (unpaired) electrons. The lowest BCUT2D eigenvalue weighted by atomic mass is 10.1. The van der Waals surface area contributed by atoms with Crippen LogP contribution in [0.1, 0.15) is 20.3 Å². The van der Waals surface area contributed by atoms with Crippen molar-refractivity contribution in [1.29, 1.82) is 0 Å². The molecule has 0 saturated carbocycles. The molecule has 1 aliphatic heterocycles. The molecule has 3 heteroatoms. The molecular weight excluding hydrogens is 166 g/mol. The van der Waals surface area contributed by atoms with Gasteiger partial charge >= 0.3 is 0 Å². The summed E-state index contributed by atoms with van der Waals surface area (Å²) < 4.78 is 0. The molecule has 0 spiro atoms. The smallest absolute Gasteiger partial charge is 0.260 e. The number of carbonyl (C=O) groups is 2. The third kappa shape index (κ3) is 1.41. The van der Waals surface area contributed by atoms with Crippen LogP contribution in [0, 0.1) is 0 Å². The minimum absolute atomic E-state index is 0.194. The van der Waals surface area contributed by atoms with Gasteiger partial charge in [0.05, 0.1) is 0 Å². The lowest BCUT2D eigenvalue weighted by Gasteiger charge is -2.01. The molecule has 0 aromatic carbocycles. The van der Waals surface area contributed by atoms with E-state index in [1.54, 1.807) is 19.1 Å². The first-order chi connectivity index (χ1) is 6.13. The Balaban J connectivity index is 3.17. The summed E-state index contributed by atoms with van der Waals surface area (Å²) in [6.45, 7) is 3.71. The topological polar surface area (TPSA) is 37.4 Å². The number of nitrogens with zero attached hydrogens (tertiary/aromatic N) is 1. The maximum atomic E-state index is 11.5. The highest BCUT2D eigenvalue weighted by Gasteiger charge is 2.34. The summed E-state index contributed by atoms with van der Waals surface area (Å²) in [5.41, 5.74) is 1.06. The summed E-state index contributed by atoms with van der Waals surface area (Å²) in [4.78, 5) is 24.0. The van der Waals surface area contributed by atoms with Crippen LogP contribution >= 0.6 is 0 Å². The molecule has 0 aliphatic carbocycles. The molecule has 0 N–H and O–H groups in total. The zero-order valence-corrected chi connectivity index (χ0v) is 8.13. The molecule has 0 aromatic heterocycles. The van der Waals surface area contributed by atoms with E-state index in [9.17, 15) is 9.59 Å². The van der Waals surface area contributed by atoms with E-state index in [-0.39, 0.29) is 11.8 Å². The number of allylic oxidation sites excluding steroid dienone is 2. The van der Waals surface area contributed by atoms with E-state index in [0.717, 1.165) is 11.3 Å². The van der Waals surface area contributed by atoms with Crippen molar-refractivity contribution in [3.8, 4) is 0 Å². The van der Waals surface area contributed by atoms with Crippen LogP contribution in [0.5, 0.6) is 0 Å². The lowest BCUT2D eigenvalue weighted by molar-refractivity contribution is -0.134. The highest BCUT2D eigenvalue weighted by molar-refractivity contribution is 6.24. The zero-order valence-electron chi connectivity index (χ0n) is 8.13. The molecule has 1 saturated heterocycles. The second kappa shape index (κ2) is 3.56. The van der Waals surface area contributed by atoms with E-state index in [1.807, 2.05) is 6.92 Å². The number of carbonyl (C=O) groups excluding carboxylic acids is 2. The lowest BCUT2D eigenvalue weighted by Crippen LogP contribution is -2.24. The minimum Gasteiger partial charge on any atom is -0.277 e. The fourth-order valence-corrected chi connectivity index (χ4v) is 1.36. The maximum Gasteiger partial charge on any atom is 0.260 e. The van der Waals surface area contributed by atoms with Crippen LogP contribution in [0.2, 0.25) is 0 Å². The van der Waals surface area contributed by atoms with Crippen LogP contribution in [-0.4, -0.2) is 23.8 Å². The summed E-state index contributed by atoms with van der Waals surface area (Å²) >= 11 is 0. The molecule has 13 heavy (non-hydrogen) atoms. The summed E-state index contributed by atoms with van der Waals surface area (Å²) in [6.07, 6.45) is 4.24. The Morgan fingerprint density at radius 1 is 1.23 bits per heavy atom. The van der Waals surface area contributed by atoms with Gasteiger partial charge in [0, 0.05) is 18.2 Å². The highest BCUT2D eigenvalue weighted by atomic mass is 16.2. The van der Waals surface area contributed by atoms with Crippen molar-refractivity contribution < 1.29 is 9.59 Å². The third-order valence-corrected chi connectivity index (χ3v) is 2.06. The Hall–Kier alpha value is -1.38. The summed E-state index contributed by atoms with van der Waals surface area (Å²) in [5.74, 6) is -0.396. The van der Waals surface area contributed by atoms with Crippen LogP contribution in [0.25, 0.3) is 0 Å². The molecule has 1 heterocycles. The predicted octanol–water partition coefficient (Wildman–Crippen LogP) is 1.27. The molecule has 3 nitrogen and oxygen atoms in total. The van der Waals surface area contributed by atoms with Gasteiger partial charge in [-0.2, -0.15) is 0 Å². The van der Waals surface area contributed by atoms with E-state index in [1.165, 1.54) is 7.05 Å². The number of hydrogen-bond acceptors (Lipinski definition) is 2. The molecule has 0 atom stereocenters. The monoisotopic (exact) mass is 179 g/mol. The van der Waals surface area contributed by atoms with E-state index in [4.69, 9.17) is 0 Å². The van der Waals surface area contributed by atoms with Crippen molar-refractivity contribution in [3.05, 3.63) is 23.3 Å². The van der Waals surface area contributed by atoms with E-state index >= 15 is 0 Å². The number of rotatable bonds is 1. The third-order valence-electron chi connectivity index (χ3n) is 2.06. The number of hydrogen-bond donors (Lipinski definition) is 0. The molecule has 0 unspecified atom stereocenters. The Morgan fingerprint density at radius 2 is 1.77 bits per heavy atom. The normalized spacial score (nSPS) is 23.8. The van der Waals surface area contributed by atoms with Crippen LogP contribution in [0.4, 0.5) is 0 Å². The first kappa shape index (κ1) is 9.71. The van der Waals surface area contributed by atoms with E-state index in [2.05, 4.69) is 0 Å². The second-order valence-corrected chi connectivity index (χ2v) is 2.90. The standard InChI is InChI=1S/C10H13NO2/c1-4-6-8-7(5-2)9(12)11(3)10(8)13/h5-6H,4H2,1-3H3/b7-5+,8-6+. The Labute approximate surface area is 77.7 Å². The Kier molecular flexibility index (Phi) is 2.66. The van der Waals surface area contributed by atoms with Gasteiger partial charge < -0.3 is 0 Å². The molecule has 0 aromatic rings. The molecule has 70 valence electrons. The zero-order chi connectivity index (χ0) is 10.0. The first-order valence-corrected chi connectivity index (χ1v) is 4.32. The van der Waals surface area contributed by atoms with Gasteiger partial charge in [0.1, 0.15) is 0 Å². The van der Waals surface area contributed by atoms with Crippen molar-refractivity contribution in [2.45, 2.75) is 20.3 Å². The molecular formula is C10H13NO2. The fourth-order valence-electron chi connectivity index (χ4n) is 1.36. The largest absolute Gasteiger partial charge is 0.277 e. The Morgan fingerprint density at radius 3 is 2.23 bits per heavy atom. The van der Waals surface area contributed by atoms with Crippen molar-refractivity contribution in [2.75, 3.05) is 7.05 Å². The van der Waals surface area contributed by atoms with Crippen molar-refractivity contribution in [2.24, 2.45) is 0 Å². The Bertz CT molecular complexity index is 313. The number of imide groups is 1. The predicted molar refractivity (Wildman–Crippen MR) is 49.9 cm³/mol. The van der Waals surface area contributed by atoms with Gasteiger partial charge in [-0.1, -0.05) is 19.1 Å². The molecule has 1 aliphatic rings. The SMILES string of the molecule is C/C=C1/C(=O)N(C)C(=O)/C1=C/CC. The second-order valence-electron chi connectivity index (χ2n) is 2.90. The summed E-state index contributed by atoms with van der Waals surface area (Å²) in [7, 11) is 1.50. The van der Waals surface area contributed by atoms with Gasteiger partial charge in [0.15, 0.2) is 0 Å². The fraction of sp³-hybridized carbons (Fsp3) is 0.400. The molecule has 2 amide bonds. The van der Waals surface area contributed by atoms with Crippen molar-refractivity contribution in [3.63, 3.8) is 0 Å². The van der Waals surface area contributed by atoms with Gasteiger partial charge in [-0.25, -0.2) is 0 Å². The van der Waals surface area contributed by atoms with Gasteiger partial charge in [0.2, 0.25) is 0 Å². The van der Waals surface area contributed by atoms with Crippen LogP contribution in [0.15, 0.2) is 23.3 Å². The number of likely N-dealkylation sites (N-methyl/N-ethyl adjacent to an activating group) is 1. The van der Waals surface area contributed by atoms with Gasteiger partial charge in [0.25, 0.3) is 11.8 Å². The molecule has 0 bridgehead atoms.